The standard InChI is InChI=1S/C31H31ClF3N7O5/c1-16-12-39(8-9-47-2)6-7-41(16)22-11-20(25(32)29(35)37-22)36-23(44)14-40-13-19(18-10-17(15-43)28(45)27(34)26(18)33)24-30(40)38-21-4-3-5-42(21)31(24)46/h10-11,13,15-16,45H,3-9,12,14H2,1-2H3,(H,36,37,44). The second kappa shape index (κ2) is 13.0. The molecule has 47 heavy (non-hydrogen) atoms. The van der Waals surface area contributed by atoms with Gasteiger partial charge in [-0.1, -0.05) is 11.6 Å². The number of aromatic hydroxyl groups is 1. The highest BCUT2D eigenvalue weighted by atomic mass is 35.5. The first kappa shape index (κ1) is 32.5. The summed E-state index contributed by atoms with van der Waals surface area (Å²) in [7, 11) is 1.64. The van der Waals surface area contributed by atoms with Crippen LogP contribution in [0, 0.1) is 17.6 Å². The van der Waals surface area contributed by atoms with Crippen LogP contribution in [0.25, 0.3) is 22.2 Å². The first-order chi connectivity index (χ1) is 22.5. The number of rotatable bonds is 9. The number of carbonyl (C=O) groups is 2. The Bertz CT molecular complexity index is 1970. The number of benzene rings is 1. The Morgan fingerprint density at radius 3 is 2.68 bits per heavy atom. The highest BCUT2D eigenvalue weighted by molar-refractivity contribution is 6.33. The van der Waals surface area contributed by atoms with E-state index in [0.717, 1.165) is 12.6 Å². The van der Waals surface area contributed by atoms with Gasteiger partial charge in [-0.05, 0) is 19.4 Å². The fourth-order valence-electron chi connectivity index (χ4n) is 6.24. The highest BCUT2D eigenvalue weighted by Crippen LogP contribution is 2.36. The molecular formula is C31H31ClF3N7O5. The minimum Gasteiger partial charge on any atom is -0.504 e. The van der Waals surface area contributed by atoms with Gasteiger partial charge in [0.1, 0.15) is 28.9 Å². The molecule has 16 heteroatoms. The lowest BCUT2D eigenvalue weighted by atomic mass is 10.0. The SMILES string of the molecule is COCCN1CCN(c2cc(NC(=O)Cn3cc(-c4cc(C=O)c(O)c(F)c4F)c4c(=O)n5c(nc43)CCC5)c(Cl)c(F)n2)C(C)C1. The van der Waals surface area contributed by atoms with Gasteiger partial charge in [0, 0.05) is 75.7 Å². The molecule has 1 atom stereocenters. The average molecular weight is 674 g/mol. The number of aryl methyl sites for hydroxylation is 1. The van der Waals surface area contributed by atoms with Crippen LogP contribution >= 0.6 is 11.6 Å². The molecule has 0 bridgehead atoms. The number of nitrogens with one attached hydrogen (secondary N) is 1. The Balaban J connectivity index is 1.34. The molecule has 0 saturated carbocycles. The number of hydrogen-bond acceptors (Lipinski definition) is 9. The van der Waals surface area contributed by atoms with Gasteiger partial charge in [0.2, 0.25) is 17.7 Å². The van der Waals surface area contributed by atoms with E-state index in [9.17, 15) is 28.3 Å². The number of nitrogens with zero attached hydrogens (tertiary/aromatic N) is 6. The van der Waals surface area contributed by atoms with Crippen LogP contribution in [0.4, 0.5) is 24.7 Å². The number of amides is 1. The topological polar surface area (TPSA) is 135 Å². The predicted molar refractivity (Wildman–Crippen MR) is 168 cm³/mol. The summed E-state index contributed by atoms with van der Waals surface area (Å²) in [6.07, 6.45) is 2.54. The number of anilines is 2. The first-order valence-electron chi connectivity index (χ1n) is 14.9. The number of phenolic OH excluding ortho intramolecular Hbond substituents is 1. The third-order valence-electron chi connectivity index (χ3n) is 8.57. The Hall–Kier alpha value is -4.47. The third-order valence-corrected chi connectivity index (χ3v) is 8.93. The van der Waals surface area contributed by atoms with Gasteiger partial charge in [0.15, 0.2) is 17.9 Å². The highest BCUT2D eigenvalue weighted by Gasteiger charge is 2.29. The van der Waals surface area contributed by atoms with Crippen molar-refractivity contribution < 1.29 is 32.6 Å². The van der Waals surface area contributed by atoms with Crippen LogP contribution in [0.1, 0.15) is 29.5 Å². The van der Waals surface area contributed by atoms with Crippen molar-refractivity contribution in [1.82, 2.24) is 24.0 Å². The summed E-state index contributed by atoms with van der Waals surface area (Å²) in [5.74, 6) is -5.21. The molecule has 0 spiro atoms. The van der Waals surface area contributed by atoms with Gasteiger partial charge in [0.05, 0.1) is 23.2 Å². The lowest BCUT2D eigenvalue weighted by molar-refractivity contribution is -0.116. The number of carbonyl (C=O) groups excluding carboxylic acids is 2. The van der Waals surface area contributed by atoms with Gasteiger partial charge in [0.25, 0.3) is 5.56 Å². The van der Waals surface area contributed by atoms with Gasteiger partial charge in [-0.25, -0.2) is 14.4 Å². The van der Waals surface area contributed by atoms with Crippen LogP contribution in [-0.4, -0.2) is 87.2 Å². The van der Waals surface area contributed by atoms with Crippen molar-refractivity contribution in [1.29, 1.82) is 0 Å². The minimum absolute atomic E-state index is 0.0268. The number of phenols is 1. The van der Waals surface area contributed by atoms with Gasteiger partial charge in [-0.2, -0.15) is 8.78 Å². The van der Waals surface area contributed by atoms with Gasteiger partial charge < -0.3 is 24.6 Å². The third kappa shape index (κ3) is 5.94. The van der Waals surface area contributed by atoms with Crippen LogP contribution in [0.3, 0.4) is 0 Å². The van der Waals surface area contributed by atoms with E-state index in [1.165, 1.54) is 21.4 Å². The van der Waals surface area contributed by atoms with Crippen molar-refractivity contribution in [3.8, 4) is 16.9 Å². The lowest BCUT2D eigenvalue weighted by Gasteiger charge is -2.40. The monoisotopic (exact) mass is 673 g/mol. The van der Waals surface area contributed by atoms with Gasteiger partial charge in [-0.15, -0.1) is 0 Å². The maximum atomic E-state index is 15.2. The van der Waals surface area contributed by atoms with Crippen LogP contribution in [0.15, 0.2) is 23.1 Å². The fourth-order valence-corrected chi connectivity index (χ4v) is 6.38. The van der Waals surface area contributed by atoms with Crippen LogP contribution < -0.4 is 15.8 Å². The van der Waals surface area contributed by atoms with Crippen LogP contribution in [-0.2, 0) is 29.0 Å². The average Bonchev–Trinajstić information content (AvgIpc) is 3.67. The summed E-state index contributed by atoms with van der Waals surface area (Å²) in [5.41, 5.74) is -1.65. The molecule has 1 amide bonds. The largest absolute Gasteiger partial charge is 0.504 e. The van der Waals surface area contributed by atoms with E-state index in [0.29, 0.717) is 51.5 Å². The van der Waals surface area contributed by atoms with E-state index >= 15 is 4.39 Å². The molecule has 1 fully saturated rings. The smallest absolute Gasteiger partial charge is 0.263 e. The molecule has 5 heterocycles. The second-order valence-electron chi connectivity index (χ2n) is 11.6. The molecule has 1 unspecified atom stereocenters. The maximum absolute atomic E-state index is 15.2. The van der Waals surface area contributed by atoms with Gasteiger partial charge in [-0.3, -0.25) is 23.9 Å². The number of piperazine rings is 1. The number of aromatic nitrogens is 4. The molecule has 6 rings (SSSR count). The van der Waals surface area contributed by atoms with E-state index in [2.05, 4.69) is 20.2 Å². The molecule has 12 nitrogen and oxygen atoms in total. The molecule has 1 aromatic carbocycles. The lowest BCUT2D eigenvalue weighted by Crippen LogP contribution is -2.53. The number of pyridine rings is 1. The van der Waals surface area contributed by atoms with Crippen molar-refractivity contribution in [2.75, 3.05) is 50.1 Å². The molecule has 2 aliphatic heterocycles. The number of ether oxygens (including phenoxy) is 1. The van der Waals surface area contributed by atoms with E-state index in [4.69, 9.17) is 16.3 Å². The molecule has 0 radical (unpaired) electrons. The normalized spacial score (nSPS) is 16.6. The Kier molecular flexibility index (Phi) is 8.96. The Morgan fingerprint density at radius 2 is 1.96 bits per heavy atom. The molecule has 3 aromatic heterocycles. The van der Waals surface area contributed by atoms with Crippen molar-refractivity contribution in [2.24, 2.45) is 0 Å². The summed E-state index contributed by atoms with van der Waals surface area (Å²) in [5, 5.41) is 12.0. The van der Waals surface area contributed by atoms with Crippen molar-refractivity contribution in [3.63, 3.8) is 0 Å². The quantitative estimate of drug-likeness (QED) is 0.202. The maximum Gasteiger partial charge on any atom is 0.263 e. The van der Waals surface area contributed by atoms with E-state index in [1.54, 1.807) is 7.11 Å². The summed E-state index contributed by atoms with van der Waals surface area (Å²) >= 11 is 6.22. The van der Waals surface area contributed by atoms with Gasteiger partial charge >= 0.3 is 0 Å². The molecule has 1 saturated heterocycles. The van der Waals surface area contributed by atoms with E-state index in [-0.39, 0.29) is 40.4 Å². The zero-order chi connectivity index (χ0) is 33.6. The van der Waals surface area contributed by atoms with Crippen molar-refractivity contribution >= 4 is 46.3 Å². The van der Waals surface area contributed by atoms with Crippen LogP contribution in [0.2, 0.25) is 5.02 Å². The van der Waals surface area contributed by atoms with E-state index < -0.39 is 57.5 Å². The van der Waals surface area contributed by atoms with Crippen LogP contribution in [0.5, 0.6) is 5.75 Å². The zero-order valence-electron chi connectivity index (χ0n) is 25.5. The van der Waals surface area contributed by atoms with E-state index in [1.807, 2.05) is 11.8 Å². The first-order valence-corrected chi connectivity index (χ1v) is 15.3. The molecule has 248 valence electrons. The van der Waals surface area contributed by atoms with Crippen molar-refractivity contribution in [3.05, 3.63) is 62.7 Å². The molecule has 2 N–H and O–H groups in total. The Labute approximate surface area is 271 Å². The number of methoxy groups -OCH3 is 1. The second-order valence-corrected chi connectivity index (χ2v) is 12.0. The summed E-state index contributed by atoms with van der Waals surface area (Å²) in [4.78, 5) is 51.2. The number of halogens is 4. The number of aldehydes is 1. The molecule has 0 aliphatic carbocycles. The predicted octanol–water partition coefficient (Wildman–Crippen LogP) is 3.59. The molecular weight excluding hydrogens is 643 g/mol. The summed E-state index contributed by atoms with van der Waals surface area (Å²) in [6, 6.07) is 2.38. The fraction of sp³-hybridized carbons (Fsp3) is 0.387. The summed E-state index contributed by atoms with van der Waals surface area (Å²) < 4.78 is 52.7. The zero-order valence-corrected chi connectivity index (χ0v) is 26.3. The number of hydrogen-bond donors (Lipinski definition) is 2. The molecule has 2 aliphatic rings. The van der Waals surface area contributed by atoms with Crippen molar-refractivity contribution in [2.45, 2.75) is 38.9 Å². The Morgan fingerprint density at radius 1 is 1.17 bits per heavy atom. The molecule has 4 aromatic rings. The summed E-state index contributed by atoms with van der Waals surface area (Å²) in [6.45, 7) is 5.15. The number of fused-ring (bicyclic) bond motifs is 2. The minimum atomic E-state index is -1.66.